The van der Waals surface area contributed by atoms with Gasteiger partial charge >= 0.3 is 0 Å². The molecular weight excluding hydrogens is 188 g/mol. The summed E-state index contributed by atoms with van der Waals surface area (Å²) in [5, 5.41) is 3.54. The minimum atomic E-state index is 0.228. The Hall–Kier alpha value is -0.120. The molecule has 0 amide bonds. The van der Waals surface area contributed by atoms with Gasteiger partial charge in [0.15, 0.2) is 0 Å². The third kappa shape index (κ3) is 2.92. The number of likely N-dealkylation sites (tertiary alicyclic amines) is 1. The lowest BCUT2D eigenvalue weighted by atomic mass is 10.0. The molecule has 2 aliphatic rings. The largest absolute Gasteiger partial charge is 0.372 e. The van der Waals surface area contributed by atoms with E-state index in [9.17, 15) is 0 Å². The minimum absolute atomic E-state index is 0.228. The first-order chi connectivity index (χ1) is 7.09. The molecule has 88 valence electrons. The van der Waals surface area contributed by atoms with E-state index in [1.54, 1.807) is 0 Å². The van der Waals surface area contributed by atoms with Gasteiger partial charge in [0, 0.05) is 25.2 Å². The van der Waals surface area contributed by atoms with E-state index < -0.39 is 0 Å². The van der Waals surface area contributed by atoms with Crippen LogP contribution in [0, 0.1) is 0 Å². The van der Waals surface area contributed by atoms with Gasteiger partial charge < -0.3 is 10.1 Å². The van der Waals surface area contributed by atoms with Crippen LogP contribution in [0.1, 0.15) is 33.6 Å². The number of fused-ring (bicyclic) bond motifs is 2. The van der Waals surface area contributed by atoms with Crippen LogP contribution >= 0.6 is 0 Å². The van der Waals surface area contributed by atoms with Gasteiger partial charge in [-0.1, -0.05) is 6.92 Å². The molecule has 2 rings (SSSR count). The van der Waals surface area contributed by atoms with Gasteiger partial charge in [0.05, 0.1) is 12.2 Å². The fourth-order valence-electron chi connectivity index (χ4n) is 2.92. The molecule has 2 unspecified atom stereocenters. The second kappa shape index (κ2) is 4.40. The molecule has 0 spiro atoms. The maximum absolute atomic E-state index is 5.84. The number of likely N-dealkylation sites (N-methyl/N-ethyl adjacent to an activating group) is 1. The Morgan fingerprint density at radius 3 is 2.40 bits per heavy atom. The van der Waals surface area contributed by atoms with E-state index in [2.05, 4.69) is 31.0 Å². The third-order valence-corrected chi connectivity index (χ3v) is 3.39. The smallest absolute Gasteiger partial charge is 0.0707 e. The Kier molecular flexibility index (Phi) is 3.33. The van der Waals surface area contributed by atoms with Crippen molar-refractivity contribution in [2.24, 2.45) is 0 Å². The molecule has 0 radical (unpaired) electrons. The lowest BCUT2D eigenvalue weighted by Gasteiger charge is -2.38. The molecule has 0 aromatic carbocycles. The van der Waals surface area contributed by atoms with Crippen LogP contribution in [0.2, 0.25) is 0 Å². The number of hydrogen-bond donors (Lipinski definition) is 1. The molecular formula is C12H24N2O. The Bertz CT molecular complexity index is 206. The molecule has 2 bridgehead atoms. The predicted molar refractivity (Wildman–Crippen MR) is 62.1 cm³/mol. The van der Waals surface area contributed by atoms with Crippen LogP contribution in [0.4, 0.5) is 0 Å². The maximum atomic E-state index is 5.84. The van der Waals surface area contributed by atoms with Gasteiger partial charge in [-0.05, 0) is 33.2 Å². The van der Waals surface area contributed by atoms with E-state index in [1.165, 1.54) is 12.8 Å². The van der Waals surface area contributed by atoms with Crippen LogP contribution in [0.15, 0.2) is 0 Å². The quantitative estimate of drug-likeness (QED) is 0.759. The summed E-state index contributed by atoms with van der Waals surface area (Å²) in [4.78, 5) is 2.56. The van der Waals surface area contributed by atoms with Gasteiger partial charge in [-0.25, -0.2) is 0 Å². The second-order valence-electron chi connectivity index (χ2n) is 5.57. The summed E-state index contributed by atoms with van der Waals surface area (Å²) < 4.78 is 5.84. The summed E-state index contributed by atoms with van der Waals surface area (Å²) in [6.07, 6.45) is 3.56. The summed E-state index contributed by atoms with van der Waals surface area (Å²) in [5.41, 5.74) is 0.228. The minimum Gasteiger partial charge on any atom is -0.372 e. The molecule has 2 heterocycles. The Balaban J connectivity index is 1.84. The summed E-state index contributed by atoms with van der Waals surface area (Å²) in [6.45, 7) is 11.2. The first kappa shape index (κ1) is 11.4. The van der Waals surface area contributed by atoms with Crippen LogP contribution < -0.4 is 5.32 Å². The zero-order valence-electron chi connectivity index (χ0n) is 10.3. The SMILES string of the molecule is CCNC(C)(C)CN1CC2CCC(C1)O2. The molecule has 0 aliphatic carbocycles. The number of nitrogens with zero attached hydrogens (tertiary/aromatic N) is 1. The maximum Gasteiger partial charge on any atom is 0.0707 e. The number of nitrogens with one attached hydrogen (secondary N) is 1. The Morgan fingerprint density at radius 2 is 1.87 bits per heavy atom. The molecule has 2 aliphatic heterocycles. The van der Waals surface area contributed by atoms with Crippen molar-refractivity contribution in [2.45, 2.75) is 51.4 Å². The lowest BCUT2D eigenvalue weighted by Crippen LogP contribution is -2.53. The number of rotatable bonds is 4. The van der Waals surface area contributed by atoms with E-state index in [4.69, 9.17) is 4.74 Å². The number of morpholine rings is 1. The summed E-state index contributed by atoms with van der Waals surface area (Å²) in [5.74, 6) is 0. The molecule has 15 heavy (non-hydrogen) atoms. The molecule has 0 aromatic rings. The molecule has 2 saturated heterocycles. The summed E-state index contributed by atoms with van der Waals surface area (Å²) >= 11 is 0. The van der Waals surface area contributed by atoms with Crippen LogP contribution in [0.25, 0.3) is 0 Å². The van der Waals surface area contributed by atoms with Gasteiger partial charge in [0.1, 0.15) is 0 Å². The third-order valence-electron chi connectivity index (χ3n) is 3.39. The average Bonchev–Trinajstić information content (AvgIpc) is 2.44. The standard InChI is InChI=1S/C12H24N2O/c1-4-13-12(2,3)9-14-7-10-5-6-11(8-14)15-10/h10-11,13H,4-9H2,1-3H3. The molecule has 3 nitrogen and oxygen atoms in total. The molecule has 0 aromatic heterocycles. The van der Waals surface area contributed by atoms with E-state index in [1.807, 2.05) is 0 Å². The fraction of sp³-hybridized carbons (Fsp3) is 1.00. The van der Waals surface area contributed by atoms with Crippen LogP contribution in [-0.2, 0) is 4.74 Å². The van der Waals surface area contributed by atoms with Crippen molar-refractivity contribution >= 4 is 0 Å². The van der Waals surface area contributed by atoms with E-state index >= 15 is 0 Å². The average molecular weight is 212 g/mol. The number of hydrogen-bond acceptors (Lipinski definition) is 3. The van der Waals surface area contributed by atoms with Crippen LogP contribution in [0.5, 0.6) is 0 Å². The summed E-state index contributed by atoms with van der Waals surface area (Å²) in [7, 11) is 0. The van der Waals surface area contributed by atoms with Crippen molar-refractivity contribution in [3.63, 3.8) is 0 Å². The van der Waals surface area contributed by atoms with Crippen molar-refractivity contribution in [2.75, 3.05) is 26.2 Å². The zero-order chi connectivity index (χ0) is 10.9. The van der Waals surface area contributed by atoms with Crippen molar-refractivity contribution in [3.05, 3.63) is 0 Å². The van der Waals surface area contributed by atoms with Crippen LogP contribution in [-0.4, -0.2) is 48.8 Å². The summed E-state index contributed by atoms with van der Waals surface area (Å²) in [6, 6.07) is 0. The van der Waals surface area contributed by atoms with Crippen molar-refractivity contribution in [3.8, 4) is 0 Å². The van der Waals surface area contributed by atoms with Crippen molar-refractivity contribution in [1.29, 1.82) is 0 Å². The van der Waals surface area contributed by atoms with E-state index in [0.29, 0.717) is 12.2 Å². The lowest BCUT2D eigenvalue weighted by molar-refractivity contribution is -0.0442. The topological polar surface area (TPSA) is 24.5 Å². The van der Waals surface area contributed by atoms with Gasteiger partial charge in [-0.2, -0.15) is 0 Å². The normalized spacial score (nSPS) is 32.2. The Morgan fingerprint density at radius 1 is 1.27 bits per heavy atom. The van der Waals surface area contributed by atoms with Crippen LogP contribution in [0.3, 0.4) is 0 Å². The highest BCUT2D eigenvalue weighted by Crippen LogP contribution is 2.26. The molecule has 3 heteroatoms. The van der Waals surface area contributed by atoms with Gasteiger partial charge in [-0.15, -0.1) is 0 Å². The molecule has 1 N–H and O–H groups in total. The monoisotopic (exact) mass is 212 g/mol. The van der Waals surface area contributed by atoms with Crippen molar-refractivity contribution < 1.29 is 4.74 Å². The Labute approximate surface area is 93.2 Å². The van der Waals surface area contributed by atoms with Gasteiger partial charge in [-0.3, -0.25) is 4.90 Å². The fourth-order valence-corrected chi connectivity index (χ4v) is 2.92. The van der Waals surface area contributed by atoms with Gasteiger partial charge in [0.25, 0.3) is 0 Å². The molecule has 2 fully saturated rings. The molecule has 0 saturated carbocycles. The van der Waals surface area contributed by atoms with E-state index in [0.717, 1.165) is 26.2 Å². The highest BCUT2D eigenvalue weighted by atomic mass is 16.5. The first-order valence-corrected chi connectivity index (χ1v) is 6.22. The number of ether oxygens (including phenoxy) is 1. The molecule has 2 atom stereocenters. The highest BCUT2D eigenvalue weighted by molar-refractivity contribution is 4.89. The second-order valence-corrected chi connectivity index (χ2v) is 5.57. The first-order valence-electron chi connectivity index (χ1n) is 6.22. The highest BCUT2D eigenvalue weighted by Gasteiger charge is 2.35. The zero-order valence-corrected chi connectivity index (χ0v) is 10.3. The van der Waals surface area contributed by atoms with Gasteiger partial charge in [0.2, 0.25) is 0 Å². The van der Waals surface area contributed by atoms with E-state index in [-0.39, 0.29) is 5.54 Å². The predicted octanol–water partition coefficient (Wildman–Crippen LogP) is 1.24. The van der Waals surface area contributed by atoms with Crippen molar-refractivity contribution in [1.82, 2.24) is 10.2 Å².